The number of hydrogen-bond donors (Lipinski definition) is 1. The van der Waals surface area contributed by atoms with E-state index < -0.39 is 0 Å². The van der Waals surface area contributed by atoms with Crippen molar-refractivity contribution in [3.63, 3.8) is 0 Å². The highest BCUT2D eigenvalue weighted by molar-refractivity contribution is 5.92. The van der Waals surface area contributed by atoms with Crippen LogP contribution in [-0.4, -0.2) is 19.0 Å². The average Bonchev–Trinajstić information content (AvgIpc) is 2.55. The fourth-order valence-corrected chi connectivity index (χ4v) is 2.74. The summed E-state index contributed by atoms with van der Waals surface area (Å²) in [6.07, 6.45) is 0.376. The summed E-state index contributed by atoms with van der Waals surface area (Å²) in [5, 5.41) is 11.9. The molecule has 0 unspecified atom stereocenters. The molecule has 0 fully saturated rings. The quantitative estimate of drug-likeness (QED) is 0.874. The molecule has 0 aliphatic rings. The van der Waals surface area contributed by atoms with E-state index in [2.05, 4.69) is 55.3 Å². The summed E-state index contributed by atoms with van der Waals surface area (Å²) in [4.78, 5) is 14.4. The number of nitrogens with one attached hydrogen (secondary N) is 1. The van der Waals surface area contributed by atoms with E-state index in [9.17, 15) is 4.79 Å². The molecule has 0 bridgehead atoms. The third-order valence-corrected chi connectivity index (χ3v) is 3.88. The SMILES string of the molecule is CCN(CCC(=O)Nc1ccccc1C#N)c1cc(C)cc(C)c1. The summed E-state index contributed by atoms with van der Waals surface area (Å²) >= 11 is 0. The van der Waals surface area contributed by atoms with Gasteiger partial charge in [0.05, 0.1) is 11.3 Å². The Labute approximate surface area is 143 Å². The van der Waals surface area contributed by atoms with Crippen LogP contribution in [0.4, 0.5) is 11.4 Å². The molecule has 0 radical (unpaired) electrons. The highest BCUT2D eigenvalue weighted by Crippen LogP contribution is 2.19. The van der Waals surface area contributed by atoms with E-state index in [4.69, 9.17) is 5.26 Å². The zero-order valence-electron chi connectivity index (χ0n) is 14.5. The van der Waals surface area contributed by atoms with E-state index in [1.807, 2.05) is 6.07 Å². The van der Waals surface area contributed by atoms with Gasteiger partial charge in [-0.15, -0.1) is 0 Å². The fraction of sp³-hybridized carbons (Fsp3) is 0.300. The molecule has 0 aromatic heterocycles. The summed E-state index contributed by atoms with van der Waals surface area (Å²) in [7, 11) is 0. The Morgan fingerprint density at radius 3 is 2.46 bits per heavy atom. The standard InChI is InChI=1S/C20H23N3O/c1-4-23(18-12-15(2)11-16(3)13-18)10-9-20(24)22-19-8-6-5-7-17(19)14-21/h5-8,11-13H,4,9-10H2,1-3H3,(H,22,24). The van der Waals surface area contributed by atoms with Crippen molar-refractivity contribution >= 4 is 17.3 Å². The van der Waals surface area contributed by atoms with Crippen molar-refractivity contribution in [1.29, 1.82) is 5.26 Å². The molecule has 1 N–H and O–H groups in total. The van der Waals surface area contributed by atoms with Gasteiger partial charge < -0.3 is 10.2 Å². The molecule has 4 nitrogen and oxygen atoms in total. The number of para-hydroxylation sites is 1. The lowest BCUT2D eigenvalue weighted by Crippen LogP contribution is -2.27. The number of nitriles is 1. The molecule has 2 aromatic carbocycles. The monoisotopic (exact) mass is 321 g/mol. The van der Waals surface area contributed by atoms with E-state index in [1.165, 1.54) is 11.1 Å². The Kier molecular flexibility index (Phi) is 5.97. The van der Waals surface area contributed by atoms with Crippen LogP contribution in [-0.2, 0) is 4.79 Å². The lowest BCUT2D eigenvalue weighted by Gasteiger charge is -2.24. The maximum absolute atomic E-state index is 12.2. The van der Waals surface area contributed by atoms with Crippen LogP contribution < -0.4 is 10.2 Å². The Balaban J connectivity index is 2.00. The topological polar surface area (TPSA) is 56.1 Å². The third kappa shape index (κ3) is 4.60. The molecule has 0 atom stereocenters. The van der Waals surface area contributed by atoms with Gasteiger partial charge in [-0.25, -0.2) is 0 Å². The van der Waals surface area contributed by atoms with Crippen LogP contribution in [0.2, 0.25) is 0 Å². The zero-order valence-corrected chi connectivity index (χ0v) is 14.5. The number of nitrogens with zero attached hydrogens (tertiary/aromatic N) is 2. The molecular formula is C20H23N3O. The molecule has 0 heterocycles. The molecule has 2 rings (SSSR count). The van der Waals surface area contributed by atoms with Crippen molar-refractivity contribution in [2.24, 2.45) is 0 Å². The van der Waals surface area contributed by atoms with E-state index in [-0.39, 0.29) is 5.91 Å². The predicted octanol–water partition coefficient (Wildman–Crippen LogP) is 4.03. The smallest absolute Gasteiger partial charge is 0.226 e. The van der Waals surface area contributed by atoms with Crippen LogP contribution in [0.25, 0.3) is 0 Å². The number of rotatable bonds is 6. The molecule has 4 heteroatoms. The zero-order chi connectivity index (χ0) is 17.5. The van der Waals surface area contributed by atoms with Gasteiger partial charge in [-0.05, 0) is 56.2 Å². The minimum atomic E-state index is -0.0828. The summed E-state index contributed by atoms with van der Waals surface area (Å²) in [5.41, 5.74) is 4.62. The van der Waals surface area contributed by atoms with Crippen molar-refractivity contribution in [3.05, 3.63) is 59.2 Å². The predicted molar refractivity (Wildman–Crippen MR) is 98.2 cm³/mol. The van der Waals surface area contributed by atoms with Gasteiger partial charge in [0.1, 0.15) is 6.07 Å². The number of carbonyl (C=O) groups excluding carboxylic acids is 1. The second-order valence-electron chi connectivity index (χ2n) is 5.88. The summed E-state index contributed by atoms with van der Waals surface area (Å²) in [6.45, 7) is 7.72. The molecule has 1 amide bonds. The second-order valence-corrected chi connectivity index (χ2v) is 5.88. The minimum Gasteiger partial charge on any atom is -0.371 e. The number of carbonyl (C=O) groups is 1. The number of amides is 1. The second kappa shape index (κ2) is 8.16. The summed E-state index contributed by atoms with van der Waals surface area (Å²) < 4.78 is 0. The van der Waals surface area contributed by atoms with Crippen LogP contribution in [0, 0.1) is 25.2 Å². The summed E-state index contributed by atoms with van der Waals surface area (Å²) in [6, 6.07) is 15.5. The van der Waals surface area contributed by atoms with Crippen LogP contribution >= 0.6 is 0 Å². The molecule has 0 saturated carbocycles. The highest BCUT2D eigenvalue weighted by Gasteiger charge is 2.10. The van der Waals surface area contributed by atoms with Crippen LogP contribution in [0.3, 0.4) is 0 Å². The molecule has 0 spiro atoms. The third-order valence-electron chi connectivity index (χ3n) is 3.88. The fourth-order valence-electron chi connectivity index (χ4n) is 2.74. The molecular weight excluding hydrogens is 298 g/mol. The Bertz CT molecular complexity index is 741. The van der Waals surface area contributed by atoms with Gasteiger partial charge in [0.15, 0.2) is 0 Å². The van der Waals surface area contributed by atoms with E-state index in [0.717, 1.165) is 12.2 Å². The Morgan fingerprint density at radius 2 is 1.83 bits per heavy atom. The highest BCUT2D eigenvalue weighted by atomic mass is 16.1. The normalized spacial score (nSPS) is 10.1. The first-order valence-electron chi connectivity index (χ1n) is 8.15. The van der Waals surface area contributed by atoms with Crippen molar-refractivity contribution < 1.29 is 4.79 Å². The van der Waals surface area contributed by atoms with Gasteiger partial charge in [0, 0.05) is 25.2 Å². The van der Waals surface area contributed by atoms with Gasteiger partial charge in [-0.3, -0.25) is 4.79 Å². The van der Waals surface area contributed by atoms with Gasteiger partial charge in [0.25, 0.3) is 0 Å². The first-order valence-corrected chi connectivity index (χ1v) is 8.15. The lowest BCUT2D eigenvalue weighted by molar-refractivity contribution is -0.116. The number of hydrogen-bond acceptors (Lipinski definition) is 3. The van der Waals surface area contributed by atoms with Crippen molar-refractivity contribution in [3.8, 4) is 6.07 Å². The minimum absolute atomic E-state index is 0.0828. The molecule has 2 aromatic rings. The molecule has 0 aliphatic carbocycles. The van der Waals surface area contributed by atoms with Gasteiger partial charge in [-0.2, -0.15) is 5.26 Å². The molecule has 0 aliphatic heterocycles. The van der Waals surface area contributed by atoms with Crippen LogP contribution in [0.1, 0.15) is 30.0 Å². The molecule has 124 valence electrons. The van der Waals surface area contributed by atoms with Crippen molar-refractivity contribution in [2.45, 2.75) is 27.2 Å². The van der Waals surface area contributed by atoms with E-state index in [0.29, 0.717) is 24.2 Å². The van der Waals surface area contributed by atoms with Crippen LogP contribution in [0.15, 0.2) is 42.5 Å². The van der Waals surface area contributed by atoms with Gasteiger partial charge >= 0.3 is 0 Å². The lowest BCUT2D eigenvalue weighted by atomic mass is 10.1. The first kappa shape index (κ1) is 17.6. The number of anilines is 2. The number of benzene rings is 2. The average molecular weight is 321 g/mol. The summed E-state index contributed by atoms with van der Waals surface area (Å²) in [5.74, 6) is -0.0828. The largest absolute Gasteiger partial charge is 0.371 e. The van der Waals surface area contributed by atoms with E-state index >= 15 is 0 Å². The molecule has 24 heavy (non-hydrogen) atoms. The van der Waals surface area contributed by atoms with Gasteiger partial charge in [-0.1, -0.05) is 18.2 Å². The van der Waals surface area contributed by atoms with Gasteiger partial charge in [0.2, 0.25) is 5.91 Å². The van der Waals surface area contributed by atoms with E-state index in [1.54, 1.807) is 18.2 Å². The van der Waals surface area contributed by atoms with Crippen molar-refractivity contribution in [1.82, 2.24) is 0 Å². The first-order chi connectivity index (χ1) is 11.5. The van der Waals surface area contributed by atoms with Crippen molar-refractivity contribution in [2.75, 3.05) is 23.3 Å². The van der Waals surface area contributed by atoms with Crippen LogP contribution in [0.5, 0.6) is 0 Å². The maximum atomic E-state index is 12.2. The molecule has 0 saturated heterocycles. The maximum Gasteiger partial charge on any atom is 0.226 e. The Hall–Kier alpha value is -2.80. The Morgan fingerprint density at radius 1 is 1.17 bits per heavy atom. The number of aryl methyl sites for hydroxylation is 2.